The third-order valence-electron chi connectivity index (χ3n) is 4.04. The first-order chi connectivity index (χ1) is 13.3. The monoisotopic (exact) mass is 423 g/mol. The molecule has 0 unspecified atom stereocenters. The van der Waals surface area contributed by atoms with Gasteiger partial charge in [0.25, 0.3) is 5.91 Å². The lowest BCUT2D eigenvalue weighted by Crippen LogP contribution is -2.45. The largest absolute Gasteiger partial charge is 0.434 e. The van der Waals surface area contributed by atoms with E-state index in [1.54, 1.807) is 49.4 Å². The number of hydrogen-bond donors (Lipinski definition) is 3. The van der Waals surface area contributed by atoms with Crippen LogP contribution in [0.25, 0.3) is 0 Å². The standard InChI is InChI=1S/C19H16ClF2N3O2S/c1-10-15(17(26)24-12-6-4-5-11(20)9-12)16(25-19(28)23-10)13-7-2-3-8-14(13)27-18(21)22/h2-9,16,18H,1H3,(H,24,26)(H2,23,25,28)/t16-/m0/s1. The minimum absolute atomic E-state index is 0.0412. The molecule has 5 nitrogen and oxygen atoms in total. The first kappa shape index (κ1) is 20.0. The highest BCUT2D eigenvalue weighted by Gasteiger charge is 2.32. The number of nitrogens with one attached hydrogen (secondary N) is 3. The Kier molecular flexibility index (Phi) is 6.11. The van der Waals surface area contributed by atoms with Crippen molar-refractivity contribution in [3.8, 4) is 5.75 Å². The lowest BCUT2D eigenvalue weighted by Gasteiger charge is -2.31. The summed E-state index contributed by atoms with van der Waals surface area (Å²) in [6, 6.07) is 12.2. The van der Waals surface area contributed by atoms with Gasteiger partial charge in [0.15, 0.2) is 5.11 Å². The van der Waals surface area contributed by atoms with Crippen LogP contribution in [0.15, 0.2) is 59.8 Å². The number of rotatable bonds is 5. The zero-order valence-corrected chi connectivity index (χ0v) is 16.2. The minimum Gasteiger partial charge on any atom is -0.434 e. The van der Waals surface area contributed by atoms with Gasteiger partial charge in [0, 0.05) is 22.0 Å². The van der Waals surface area contributed by atoms with Crippen molar-refractivity contribution in [2.75, 3.05) is 5.32 Å². The highest BCUT2D eigenvalue weighted by molar-refractivity contribution is 7.80. The van der Waals surface area contributed by atoms with Gasteiger partial charge in [-0.2, -0.15) is 8.78 Å². The maximum atomic E-state index is 13.0. The van der Waals surface area contributed by atoms with E-state index in [-0.39, 0.29) is 10.9 Å². The van der Waals surface area contributed by atoms with E-state index in [4.69, 9.17) is 23.8 Å². The summed E-state index contributed by atoms with van der Waals surface area (Å²) in [6.07, 6.45) is 0. The van der Waals surface area contributed by atoms with Crippen LogP contribution in [0.4, 0.5) is 14.5 Å². The van der Waals surface area contributed by atoms with Crippen LogP contribution < -0.4 is 20.7 Å². The number of thiocarbonyl (C=S) groups is 1. The van der Waals surface area contributed by atoms with Gasteiger partial charge in [-0.05, 0) is 43.4 Å². The van der Waals surface area contributed by atoms with E-state index in [0.29, 0.717) is 27.5 Å². The molecule has 2 aromatic rings. The Labute approximate surface area is 170 Å². The van der Waals surface area contributed by atoms with Crippen molar-refractivity contribution in [2.45, 2.75) is 19.6 Å². The Morgan fingerprint density at radius 3 is 2.71 bits per heavy atom. The maximum absolute atomic E-state index is 13.0. The van der Waals surface area contributed by atoms with Crippen molar-refractivity contribution in [3.05, 3.63) is 70.4 Å². The Bertz CT molecular complexity index is 952. The lowest BCUT2D eigenvalue weighted by atomic mass is 9.94. The molecule has 0 radical (unpaired) electrons. The van der Waals surface area contributed by atoms with E-state index in [2.05, 4.69) is 20.7 Å². The first-order valence-corrected chi connectivity index (χ1v) is 9.02. The van der Waals surface area contributed by atoms with Crippen LogP contribution in [0.1, 0.15) is 18.5 Å². The molecule has 9 heteroatoms. The van der Waals surface area contributed by atoms with Gasteiger partial charge >= 0.3 is 6.61 Å². The zero-order valence-electron chi connectivity index (χ0n) is 14.6. The second-order valence-electron chi connectivity index (χ2n) is 5.95. The van der Waals surface area contributed by atoms with E-state index >= 15 is 0 Å². The fraction of sp³-hybridized carbons (Fsp3) is 0.158. The molecule has 146 valence electrons. The molecule has 0 bridgehead atoms. The average Bonchev–Trinajstić information content (AvgIpc) is 2.61. The number of carbonyl (C=O) groups is 1. The number of anilines is 1. The third kappa shape index (κ3) is 4.58. The van der Waals surface area contributed by atoms with Crippen molar-refractivity contribution in [1.82, 2.24) is 10.6 Å². The van der Waals surface area contributed by atoms with Gasteiger partial charge in [-0.15, -0.1) is 0 Å². The van der Waals surface area contributed by atoms with Gasteiger partial charge in [0.1, 0.15) is 5.75 Å². The number of hydrogen-bond acceptors (Lipinski definition) is 3. The van der Waals surface area contributed by atoms with Crippen LogP contribution in [-0.4, -0.2) is 17.6 Å². The number of halogens is 3. The van der Waals surface area contributed by atoms with Gasteiger partial charge in [-0.3, -0.25) is 4.79 Å². The molecule has 28 heavy (non-hydrogen) atoms. The van der Waals surface area contributed by atoms with Crippen LogP contribution in [0.3, 0.4) is 0 Å². The Hall–Kier alpha value is -2.71. The highest BCUT2D eigenvalue weighted by Crippen LogP contribution is 2.34. The van der Waals surface area contributed by atoms with Crippen LogP contribution >= 0.6 is 23.8 Å². The van der Waals surface area contributed by atoms with Gasteiger partial charge in [0.2, 0.25) is 0 Å². The Morgan fingerprint density at radius 2 is 2.00 bits per heavy atom. The van der Waals surface area contributed by atoms with Crippen molar-refractivity contribution < 1.29 is 18.3 Å². The molecule has 2 aromatic carbocycles. The van der Waals surface area contributed by atoms with E-state index < -0.39 is 18.6 Å². The summed E-state index contributed by atoms with van der Waals surface area (Å²) in [7, 11) is 0. The van der Waals surface area contributed by atoms with Gasteiger partial charge in [-0.25, -0.2) is 0 Å². The molecule has 1 atom stereocenters. The summed E-state index contributed by atoms with van der Waals surface area (Å²) in [5, 5.41) is 9.35. The van der Waals surface area contributed by atoms with Crippen molar-refractivity contribution in [1.29, 1.82) is 0 Å². The molecule has 0 fully saturated rings. The van der Waals surface area contributed by atoms with E-state index in [9.17, 15) is 13.6 Å². The average molecular weight is 424 g/mol. The number of carbonyl (C=O) groups excluding carboxylic acids is 1. The molecule has 0 spiro atoms. The summed E-state index contributed by atoms with van der Waals surface area (Å²) in [5.74, 6) is -0.473. The van der Waals surface area contributed by atoms with Crippen LogP contribution in [0.2, 0.25) is 5.02 Å². The molecule has 0 aromatic heterocycles. The van der Waals surface area contributed by atoms with Crippen LogP contribution in [0, 0.1) is 0 Å². The molecule has 1 heterocycles. The quantitative estimate of drug-likeness (QED) is 0.623. The normalized spacial score (nSPS) is 16.5. The molecule has 1 aliphatic rings. The summed E-state index contributed by atoms with van der Waals surface area (Å²) in [4.78, 5) is 13.0. The molecule has 3 N–H and O–H groups in total. The summed E-state index contributed by atoms with van der Waals surface area (Å²) in [6.45, 7) is -1.31. The number of benzene rings is 2. The molecular formula is C19H16ClF2N3O2S. The van der Waals surface area contributed by atoms with Gasteiger partial charge in [0.05, 0.1) is 11.6 Å². The molecule has 1 amide bonds. The van der Waals surface area contributed by atoms with E-state index in [1.807, 2.05) is 0 Å². The maximum Gasteiger partial charge on any atom is 0.387 e. The Morgan fingerprint density at radius 1 is 1.25 bits per heavy atom. The van der Waals surface area contributed by atoms with Crippen LogP contribution in [-0.2, 0) is 4.79 Å². The molecular weight excluding hydrogens is 408 g/mol. The molecule has 0 saturated heterocycles. The number of alkyl halides is 2. The number of para-hydroxylation sites is 1. The summed E-state index contributed by atoms with van der Waals surface area (Å²) >= 11 is 11.1. The Balaban J connectivity index is 1.99. The highest BCUT2D eigenvalue weighted by atomic mass is 35.5. The summed E-state index contributed by atoms with van der Waals surface area (Å²) < 4.78 is 30.3. The summed E-state index contributed by atoms with van der Waals surface area (Å²) in [5.41, 5.74) is 1.66. The van der Waals surface area contributed by atoms with Crippen molar-refractivity contribution in [2.24, 2.45) is 0 Å². The predicted molar refractivity (Wildman–Crippen MR) is 107 cm³/mol. The smallest absolute Gasteiger partial charge is 0.387 e. The predicted octanol–water partition coefficient (Wildman–Crippen LogP) is 4.37. The third-order valence-corrected chi connectivity index (χ3v) is 4.50. The molecule has 3 rings (SSSR count). The second kappa shape index (κ2) is 8.53. The number of ether oxygens (including phenoxy) is 1. The topological polar surface area (TPSA) is 62.4 Å². The number of amides is 1. The van der Waals surface area contributed by atoms with Crippen LogP contribution in [0.5, 0.6) is 5.75 Å². The SMILES string of the molecule is CC1=C(C(=O)Nc2cccc(Cl)c2)[C@H](c2ccccc2OC(F)F)NC(=S)N1. The number of allylic oxidation sites excluding steroid dienone is 1. The van der Waals surface area contributed by atoms with Crippen molar-refractivity contribution >= 4 is 40.5 Å². The van der Waals surface area contributed by atoms with Gasteiger partial charge in [-0.1, -0.05) is 35.9 Å². The molecule has 0 saturated carbocycles. The first-order valence-electron chi connectivity index (χ1n) is 8.24. The zero-order chi connectivity index (χ0) is 20.3. The van der Waals surface area contributed by atoms with E-state index in [1.165, 1.54) is 6.07 Å². The van der Waals surface area contributed by atoms with Gasteiger partial charge < -0.3 is 20.7 Å². The minimum atomic E-state index is -3.00. The fourth-order valence-corrected chi connectivity index (χ4v) is 3.38. The van der Waals surface area contributed by atoms with Crippen molar-refractivity contribution in [3.63, 3.8) is 0 Å². The fourth-order valence-electron chi connectivity index (χ4n) is 2.92. The molecule has 1 aliphatic heterocycles. The molecule has 0 aliphatic carbocycles. The second-order valence-corrected chi connectivity index (χ2v) is 6.80. The lowest BCUT2D eigenvalue weighted by molar-refractivity contribution is -0.113. The van der Waals surface area contributed by atoms with E-state index in [0.717, 1.165) is 0 Å².